The molecule has 1 atom stereocenters. The Balaban J connectivity index is 1.54. The van der Waals surface area contributed by atoms with Crippen LogP contribution < -0.4 is 10.6 Å². The minimum Gasteiger partial charge on any atom is -0.387 e. The summed E-state index contributed by atoms with van der Waals surface area (Å²) in [7, 11) is 0. The molecule has 2 heterocycles. The van der Waals surface area contributed by atoms with Crippen LogP contribution in [0, 0.1) is 0 Å². The number of morpholine rings is 1. The minimum atomic E-state index is -0.852. The SMILES string of the molecule is CCNC(=NCc1nc(-c2ccccc2)cs1)NCC(C)(O)CN1CCOCC1. The molecular formula is C21H31N5O2S. The third kappa shape index (κ3) is 7.08. The Labute approximate surface area is 176 Å². The first-order valence-electron chi connectivity index (χ1n) is 10.1. The molecular weight excluding hydrogens is 386 g/mol. The highest BCUT2D eigenvalue weighted by Gasteiger charge is 2.25. The number of hydrogen-bond acceptors (Lipinski definition) is 6. The molecule has 0 aliphatic carbocycles. The number of rotatable bonds is 8. The maximum Gasteiger partial charge on any atom is 0.191 e. The van der Waals surface area contributed by atoms with Crippen molar-refractivity contribution in [1.82, 2.24) is 20.5 Å². The van der Waals surface area contributed by atoms with E-state index in [1.165, 1.54) is 0 Å². The lowest BCUT2D eigenvalue weighted by Crippen LogP contribution is -2.52. The first-order valence-corrected chi connectivity index (χ1v) is 11.0. The standard InChI is InChI=1S/C21H31N5O2S/c1-3-22-20(24-15-21(2,27)16-26-9-11-28-12-10-26)23-13-19-25-18(14-29-19)17-7-5-4-6-8-17/h4-8,14,27H,3,9-13,15-16H2,1-2H3,(H2,22,23,24). The van der Waals surface area contributed by atoms with E-state index in [4.69, 9.17) is 4.74 Å². The van der Waals surface area contributed by atoms with E-state index in [1.807, 2.05) is 32.0 Å². The number of aromatic nitrogens is 1. The summed E-state index contributed by atoms with van der Waals surface area (Å²) in [5.41, 5.74) is 1.24. The molecule has 29 heavy (non-hydrogen) atoms. The monoisotopic (exact) mass is 417 g/mol. The zero-order valence-corrected chi connectivity index (χ0v) is 18.0. The van der Waals surface area contributed by atoms with Gasteiger partial charge in [-0.05, 0) is 13.8 Å². The molecule has 3 rings (SSSR count). The summed E-state index contributed by atoms with van der Waals surface area (Å²) in [6, 6.07) is 10.2. The Bertz CT molecular complexity index is 772. The maximum absolute atomic E-state index is 10.8. The summed E-state index contributed by atoms with van der Waals surface area (Å²) in [4.78, 5) is 11.6. The van der Waals surface area contributed by atoms with E-state index in [0.29, 0.717) is 25.6 Å². The molecule has 1 aliphatic rings. The first kappa shape index (κ1) is 21.7. The Morgan fingerprint density at radius 2 is 2.03 bits per heavy atom. The second kappa shape index (κ2) is 10.7. The number of thiazole rings is 1. The Morgan fingerprint density at radius 3 is 2.76 bits per heavy atom. The van der Waals surface area contributed by atoms with Gasteiger partial charge in [0.05, 0.1) is 31.1 Å². The van der Waals surface area contributed by atoms with Gasteiger partial charge in [0.2, 0.25) is 0 Å². The van der Waals surface area contributed by atoms with Crippen molar-refractivity contribution < 1.29 is 9.84 Å². The highest BCUT2D eigenvalue weighted by molar-refractivity contribution is 7.09. The first-order chi connectivity index (χ1) is 14.1. The van der Waals surface area contributed by atoms with Gasteiger partial charge in [-0.15, -0.1) is 11.3 Å². The Morgan fingerprint density at radius 1 is 1.28 bits per heavy atom. The van der Waals surface area contributed by atoms with Crippen molar-refractivity contribution in [3.8, 4) is 11.3 Å². The fourth-order valence-electron chi connectivity index (χ4n) is 3.18. The maximum atomic E-state index is 10.8. The molecule has 1 fully saturated rings. The van der Waals surface area contributed by atoms with Gasteiger partial charge >= 0.3 is 0 Å². The van der Waals surface area contributed by atoms with Crippen LogP contribution in [0.4, 0.5) is 0 Å². The number of aliphatic imine (C=N–C) groups is 1. The summed E-state index contributed by atoms with van der Waals surface area (Å²) in [5, 5.41) is 20.3. The number of ether oxygens (including phenoxy) is 1. The minimum absolute atomic E-state index is 0.420. The zero-order valence-electron chi connectivity index (χ0n) is 17.2. The average molecular weight is 418 g/mol. The molecule has 8 heteroatoms. The number of guanidine groups is 1. The van der Waals surface area contributed by atoms with E-state index in [-0.39, 0.29) is 0 Å². The summed E-state index contributed by atoms with van der Waals surface area (Å²) in [6.07, 6.45) is 0. The van der Waals surface area contributed by atoms with Crippen LogP contribution >= 0.6 is 11.3 Å². The number of β-amino-alcohol motifs (C(OH)–C–C–N with tert-alkyl or cyclic N) is 1. The number of aliphatic hydroxyl groups is 1. The van der Waals surface area contributed by atoms with Crippen molar-refractivity contribution in [2.24, 2.45) is 4.99 Å². The van der Waals surface area contributed by atoms with E-state index in [1.54, 1.807) is 11.3 Å². The second-order valence-electron chi connectivity index (χ2n) is 7.43. The van der Waals surface area contributed by atoms with Gasteiger partial charge in [-0.2, -0.15) is 0 Å². The fourth-order valence-corrected chi connectivity index (χ4v) is 3.91. The largest absolute Gasteiger partial charge is 0.387 e. The van der Waals surface area contributed by atoms with Crippen LogP contribution in [-0.2, 0) is 11.3 Å². The molecule has 1 unspecified atom stereocenters. The Kier molecular flexibility index (Phi) is 8.00. The van der Waals surface area contributed by atoms with E-state index >= 15 is 0 Å². The van der Waals surface area contributed by atoms with Crippen molar-refractivity contribution in [1.29, 1.82) is 0 Å². The van der Waals surface area contributed by atoms with Gasteiger partial charge in [0.25, 0.3) is 0 Å². The molecule has 158 valence electrons. The van der Waals surface area contributed by atoms with Crippen LogP contribution in [0.25, 0.3) is 11.3 Å². The van der Waals surface area contributed by atoms with Crippen molar-refractivity contribution in [3.05, 3.63) is 40.7 Å². The fraction of sp³-hybridized carbons (Fsp3) is 0.524. The van der Waals surface area contributed by atoms with Gasteiger partial charge in [-0.1, -0.05) is 30.3 Å². The highest BCUT2D eigenvalue weighted by atomic mass is 32.1. The molecule has 0 spiro atoms. The summed E-state index contributed by atoms with van der Waals surface area (Å²) < 4.78 is 5.38. The van der Waals surface area contributed by atoms with Crippen LogP contribution in [-0.4, -0.2) is 72.5 Å². The molecule has 2 aromatic rings. The van der Waals surface area contributed by atoms with Gasteiger partial charge in [-0.25, -0.2) is 9.98 Å². The normalized spacial score (nSPS) is 17.7. The molecule has 0 radical (unpaired) electrons. The predicted octanol–water partition coefficient (Wildman–Crippen LogP) is 1.95. The van der Waals surface area contributed by atoms with Crippen molar-refractivity contribution in [2.45, 2.75) is 26.0 Å². The number of nitrogens with one attached hydrogen (secondary N) is 2. The van der Waals surface area contributed by atoms with Crippen LogP contribution in [0.15, 0.2) is 40.7 Å². The zero-order chi connectivity index (χ0) is 20.5. The molecule has 0 amide bonds. The third-order valence-corrected chi connectivity index (χ3v) is 5.48. The van der Waals surface area contributed by atoms with Crippen molar-refractivity contribution >= 4 is 17.3 Å². The van der Waals surface area contributed by atoms with Crippen LogP contribution in [0.2, 0.25) is 0 Å². The topological polar surface area (TPSA) is 82.0 Å². The van der Waals surface area contributed by atoms with E-state index in [9.17, 15) is 5.11 Å². The molecule has 1 saturated heterocycles. The van der Waals surface area contributed by atoms with Crippen LogP contribution in [0.1, 0.15) is 18.9 Å². The number of hydrogen-bond donors (Lipinski definition) is 3. The Hall–Kier alpha value is -2.00. The van der Waals surface area contributed by atoms with Crippen LogP contribution in [0.3, 0.4) is 0 Å². The van der Waals surface area contributed by atoms with Gasteiger partial charge in [0.15, 0.2) is 5.96 Å². The quantitative estimate of drug-likeness (QED) is 0.450. The molecule has 0 bridgehead atoms. The van der Waals surface area contributed by atoms with Gasteiger partial charge in [0.1, 0.15) is 5.01 Å². The lowest BCUT2D eigenvalue weighted by molar-refractivity contribution is -0.0201. The van der Waals surface area contributed by atoms with Gasteiger partial charge in [-0.3, -0.25) is 4.90 Å². The van der Waals surface area contributed by atoms with E-state index in [0.717, 1.165) is 49.1 Å². The van der Waals surface area contributed by atoms with Crippen molar-refractivity contribution in [2.75, 3.05) is 45.9 Å². The average Bonchev–Trinajstić information content (AvgIpc) is 3.20. The van der Waals surface area contributed by atoms with Crippen molar-refractivity contribution in [3.63, 3.8) is 0 Å². The van der Waals surface area contributed by atoms with E-state index < -0.39 is 5.60 Å². The molecule has 1 aromatic carbocycles. The molecule has 1 aromatic heterocycles. The number of benzene rings is 1. The summed E-state index contributed by atoms with van der Waals surface area (Å²) >= 11 is 1.61. The summed E-state index contributed by atoms with van der Waals surface area (Å²) in [6.45, 7) is 9.34. The highest BCUT2D eigenvalue weighted by Crippen LogP contribution is 2.21. The van der Waals surface area contributed by atoms with Gasteiger partial charge < -0.3 is 20.5 Å². The molecule has 0 saturated carbocycles. The van der Waals surface area contributed by atoms with E-state index in [2.05, 4.69) is 43.0 Å². The third-order valence-electron chi connectivity index (χ3n) is 4.64. The second-order valence-corrected chi connectivity index (χ2v) is 8.37. The van der Waals surface area contributed by atoms with Crippen LogP contribution in [0.5, 0.6) is 0 Å². The smallest absolute Gasteiger partial charge is 0.191 e. The lowest BCUT2D eigenvalue weighted by Gasteiger charge is -2.34. The summed E-state index contributed by atoms with van der Waals surface area (Å²) in [5.74, 6) is 0.686. The lowest BCUT2D eigenvalue weighted by atomic mass is 10.1. The van der Waals surface area contributed by atoms with Gasteiger partial charge in [0, 0.05) is 43.7 Å². The predicted molar refractivity (Wildman–Crippen MR) is 118 cm³/mol. The molecule has 7 nitrogen and oxygen atoms in total. The molecule has 1 aliphatic heterocycles. The number of nitrogens with zero attached hydrogens (tertiary/aromatic N) is 3. The molecule has 3 N–H and O–H groups in total.